The Morgan fingerprint density at radius 2 is 2.22 bits per heavy atom. The first kappa shape index (κ1) is 12.4. The van der Waals surface area contributed by atoms with E-state index in [2.05, 4.69) is 9.98 Å². The first-order valence-electron chi connectivity index (χ1n) is 6.02. The summed E-state index contributed by atoms with van der Waals surface area (Å²) in [6, 6.07) is 7.27. The van der Waals surface area contributed by atoms with Crippen LogP contribution < -0.4 is 0 Å². The smallest absolute Gasteiger partial charge is 0.124 e. The van der Waals surface area contributed by atoms with Crippen LogP contribution in [0.2, 0.25) is 0 Å². The maximum absolute atomic E-state index is 9.69. The van der Waals surface area contributed by atoms with Crippen LogP contribution >= 0.6 is 0 Å². The van der Waals surface area contributed by atoms with Crippen molar-refractivity contribution >= 4 is 5.71 Å². The summed E-state index contributed by atoms with van der Waals surface area (Å²) in [6.07, 6.45) is 6.48. The Labute approximate surface area is 107 Å². The number of aromatic nitrogens is 2. The van der Waals surface area contributed by atoms with Gasteiger partial charge in [0.1, 0.15) is 5.75 Å². The number of phenols is 1. The second kappa shape index (κ2) is 6.00. The predicted molar refractivity (Wildman–Crippen MR) is 72.0 cm³/mol. The van der Waals surface area contributed by atoms with Crippen LogP contribution in [0.1, 0.15) is 18.9 Å². The summed E-state index contributed by atoms with van der Waals surface area (Å²) in [6.45, 7) is 3.59. The van der Waals surface area contributed by atoms with E-state index >= 15 is 0 Å². The highest BCUT2D eigenvalue weighted by Crippen LogP contribution is 2.16. The van der Waals surface area contributed by atoms with E-state index in [4.69, 9.17) is 0 Å². The first-order chi connectivity index (χ1) is 8.77. The number of rotatable bonds is 5. The van der Waals surface area contributed by atoms with Crippen LogP contribution in [-0.2, 0) is 6.54 Å². The molecule has 1 aromatic heterocycles. The van der Waals surface area contributed by atoms with Gasteiger partial charge in [-0.3, -0.25) is 4.99 Å². The van der Waals surface area contributed by atoms with Crippen molar-refractivity contribution in [3.63, 3.8) is 0 Å². The fraction of sp³-hybridized carbons (Fsp3) is 0.286. The maximum atomic E-state index is 9.69. The largest absolute Gasteiger partial charge is 0.507 e. The van der Waals surface area contributed by atoms with Crippen molar-refractivity contribution < 1.29 is 5.11 Å². The fourth-order valence-electron chi connectivity index (χ4n) is 1.78. The number of aromatic hydroxyl groups is 1. The van der Waals surface area contributed by atoms with Gasteiger partial charge in [0.2, 0.25) is 0 Å². The summed E-state index contributed by atoms with van der Waals surface area (Å²) < 4.78 is 2.03. The van der Waals surface area contributed by atoms with E-state index < -0.39 is 0 Å². The van der Waals surface area contributed by atoms with E-state index in [1.54, 1.807) is 18.6 Å². The zero-order chi connectivity index (χ0) is 12.8. The average molecular weight is 243 g/mol. The molecule has 1 N–H and O–H groups in total. The predicted octanol–water partition coefficient (Wildman–Crippen LogP) is 2.49. The molecular weight excluding hydrogens is 226 g/mol. The highest BCUT2D eigenvalue weighted by atomic mass is 16.3. The van der Waals surface area contributed by atoms with Crippen LogP contribution in [-0.4, -0.2) is 26.9 Å². The molecule has 0 spiro atoms. The molecule has 0 radical (unpaired) electrons. The molecule has 4 nitrogen and oxygen atoms in total. The van der Waals surface area contributed by atoms with Gasteiger partial charge in [-0.15, -0.1) is 0 Å². The minimum absolute atomic E-state index is 0.286. The lowest BCUT2D eigenvalue weighted by atomic mass is 10.1. The number of hydrogen-bond acceptors (Lipinski definition) is 3. The molecule has 0 fully saturated rings. The summed E-state index contributed by atoms with van der Waals surface area (Å²) in [5, 5.41) is 9.69. The Bertz CT molecular complexity index is 518. The molecule has 1 heterocycles. The molecule has 94 valence electrons. The molecule has 0 bridgehead atoms. The zero-order valence-electron chi connectivity index (χ0n) is 10.5. The third-order valence-electron chi connectivity index (χ3n) is 2.78. The van der Waals surface area contributed by atoms with Crippen LogP contribution in [0.25, 0.3) is 0 Å². The van der Waals surface area contributed by atoms with Crippen LogP contribution in [0.4, 0.5) is 0 Å². The number of phenolic OH excluding ortho intramolecular Hbond substituents is 1. The lowest BCUT2D eigenvalue weighted by molar-refractivity contribution is 0.474. The Kier molecular flexibility index (Phi) is 4.12. The summed E-state index contributed by atoms with van der Waals surface area (Å²) in [5.74, 6) is 0.286. The van der Waals surface area contributed by atoms with Gasteiger partial charge in [0, 0.05) is 36.8 Å². The Morgan fingerprint density at radius 3 is 2.94 bits per heavy atom. The maximum Gasteiger partial charge on any atom is 0.124 e. The summed E-state index contributed by atoms with van der Waals surface area (Å²) in [5.41, 5.74) is 1.68. The van der Waals surface area contributed by atoms with Gasteiger partial charge in [-0.25, -0.2) is 4.98 Å². The van der Waals surface area contributed by atoms with Crippen molar-refractivity contribution in [2.24, 2.45) is 4.99 Å². The van der Waals surface area contributed by atoms with Gasteiger partial charge >= 0.3 is 0 Å². The third kappa shape index (κ3) is 3.20. The SMILES string of the molecule is CC(=NCCCn1ccnc1)c1ccccc1O. The highest BCUT2D eigenvalue weighted by Gasteiger charge is 2.02. The number of aryl methyl sites for hydroxylation is 1. The molecule has 0 aliphatic heterocycles. The van der Waals surface area contributed by atoms with Crippen molar-refractivity contribution in [1.29, 1.82) is 0 Å². The van der Waals surface area contributed by atoms with E-state index in [0.29, 0.717) is 0 Å². The quantitative estimate of drug-likeness (QED) is 0.648. The molecule has 2 aromatic rings. The normalized spacial score (nSPS) is 11.7. The van der Waals surface area contributed by atoms with E-state index in [1.807, 2.05) is 35.9 Å². The molecule has 0 aliphatic rings. The van der Waals surface area contributed by atoms with Crippen LogP contribution in [0.3, 0.4) is 0 Å². The van der Waals surface area contributed by atoms with Gasteiger partial charge in [-0.05, 0) is 25.5 Å². The van der Waals surface area contributed by atoms with Crippen molar-refractivity contribution in [1.82, 2.24) is 9.55 Å². The second-order valence-electron chi connectivity index (χ2n) is 4.14. The summed E-state index contributed by atoms with van der Waals surface area (Å²) in [4.78, 5) is 8.47. The molecule has 2 rings (SSSR count). The number of nitrogens with zero attached hydrogens (tertiary/aromatic N) is 3. The highest BCUT2D eigenvalue weighted by molar-refractivity contribution is 6.00. The van der Waals surface area contributed by atoms with Crippen LogP contribution in [0.5, 0.6) is 5.75 Å². The van der Waals surface area contributed by atoms with Crippen LogP contribution in [0, 0.1) is 0 Å². The molecular formula is C14H17N3O. The van der Waals surface area contributed by atoms with Crippen molar-refractivity contribution in [3.05, 3.63) is 48.5 Å². The molecule has 0 aliphatic carbocycles. The van der Waals surface area contributed by atoms with E-state index in [0.717, 1.165) is 30.8 Å². The minimum atomic E-state index is 0.286. The summed E-state index contributed by atoms with van der Waals surface area (Å²) in [7, 11) is 0. The molecule has 0 unspecified atom stereocenters. The molecule has 4 heteroatoms. The molecule has 0 amide bonds. The number of para-hydroxylation sites is 1. The van der Waals surface area contributed by atoms with Gasteiger partial charge in [0.05, 0.1) is 6.33 Å². The lowest BCUT2D eigenvalue weighted by Crippen LogP contribution is -2.00. The average Bonchev–Trinajstić information content (AvgIpc) is 2.88. The topological polar surface area (TPSA) is 50.4 Å². The van der Waals surface area contributed by atoms with Crippen LogP contribution in [0.15, 0.2) is 48.0 Å². The van der Waals surface area contributed by atoms with Gasteiger partial charge in [0.15, 0.2) is 0 Å². The number of imidazole rings is 1. The standard InChI is InChI=1S/C14H17N3O/c1-12(13-5-2-3-6-14(13)18)16-7-4-9-17-10-8-15-11-17/h2-3,5-6,8,10-11,18H,4,7,9H2,1H3. The van der Waals surface area contributed by atoms with Gasteiger partial charge < -0.3 is 9.67 Å². The van der Waals surface area contributed by atoms with E-state index in [9.17, 15) is 5.11 Å². The molecule has 18 heavy (non-hydrogen) atoms. The monoisotopic (exact) mass is 243 g/mol. The van der Waals surface area contributed by atoms with Gasteiger partial charge in [-0.2, -0.15) is 0 Å². The zero-order valence-corrected chi connectivity index (χ0v) is 10.5. The van der Waals surface area contributed by atoms with Crippen molar-refractivity contribution in [2.75, 3.05) is 6.54 Å². The van der Waals surface area contributed by atoms with E-state index in [-0.39, 0.29) is 5.75 Å². The van der Waals surface area contributed by atoms with Crippen molar-refractivity contribution in [2.45, 2.75) is 19.9 Å². The van der Waals surface area contributed by atoms with Gasteiger partial charge in [0.25, 0.3) is 0 Å². The Hall–Kier alpha value is -2.10. The Morgan fingerprint density at radius 1 is 1.39 bits per heavy atom. The molecule has 0 saturated carbocycles. The van der Waals surface area contributed by atoms with E-state index in [1.165, 1.54) is 0 Å². The lowest BCUT2D eigenvalue weighted by Gasteiger charge is -2.04. The number of hydrogen-bond donors (Lipinski definition) is 1. The van der Waals surface area contributed by atoms with Gasteiger partial charge in [-0.1, -0.05) is 12.1 Å². The summed E-state index contributed by atoms with van der Waals surface area (Å²) >= 11 is 0. The first-order valence-corrected chi connectivity index (χ1v) is 6.02. The van der Waals surface area contributed by atoms with Crippen molar-refractivity contribution in [3.8, 4) is 5.75 Å². The number of benzene rings is 1. The molecule has 0 atom stereocenters. The minimum Gasteiger partial charge on any atom is -0.507 e. The fourth-order valence-corrected chi connectivity index (χ4v) is 1.78. The Balaban J connectivity index is 1.88. The molecule has 0 saturated heterocycles. The molecule has 1 aromatic carbocycles. The third-order valence-corrected chi connectivity index (χ3v) is 2.78. The second-order valence-corrected chi connectivity index (χ2v) is 4.14. The number of aliphatic imine (C=N–C) groups is 1.